The van der Waals surface area contributed by atoms with Crippen molar-refractivity contribution in [2.45, 2.75) is 90.3 Å². The number of rotatable bonds is 9. The maximum atomic E-state index is 13.4. The number of piperidine rings is 1. The van der Waals surface area contributed by atoms with Crippen LogP contribution in [0, 0.1) is 17.3 Å². The second-order valence-electron chi connectivity index (χ2n) is 10.1. The van der Waals surface area contributed by atoms with Gasteiger partial charge >= 0.3 is 0 Å². The van der Waals surface area contributed by atoms with Gasteiger partial charge < -0.3 is 21.3 Å². The van der Waals surface area contributed by atoms with E-state index in [1.807, 2.05) is 0 Å². The molecule has 0 aromatic carbocycles. The molecule has 1 amide bonds. The maximum absolute atomic E-state index is 13.4. The first-order chi connectivity index (χ1) is 13.8. The minimum atomic E-state index is -0.287. The number of fused-ring (bicyclic) bond motifs is 1. The van der Waals surface area contributed by atoms with Gasteiger partial charge in [0.1, 0.15) is 6.04 Å². The lowest BCUT2D eigenvalue weighted by Gasteiger charge is -2.47. The molecule has 3 aliphatic rings. The van der Waals surface area contributed by atoms with E-state index in [4.69, 9.17) is 18.0 Å². The molecule has 1 saturated carbocycles. The number of allylic oxidation sites excluding steroid dienone is 1. The first kappa shape index (κ1) is 22.5. The van der Waals surface area contributed by atoms with Crippen LogP contribution in [-0.4, -0.2) is 47.0 Å². The third-order valence-electron chi connectivity index (χ3n) is 7.41. The molecule has 0 aromatic heterocycles. The first-order valence-corrected chi connectivity index (χ1v) is 11.9. The van der Waals surface area contributed by atoms with Gasteiger partial charge in [-0.05, 0) is 49.4 Å². The number of carbonyl (C=O) groups is 1. The molecule has 164 valence electrons. The fraction of sp³-hybridized carbons (Fsp3) is 0.826. The zero-order valence-electron chi connectivity index (χ0n) is 18.5. The van der Waals surface area contributed by atoms with Gasteiger partial charge in [0, 0.05) is 30.9 Å². The van der Waals surface area contributed by atoms with Crippen LogP contribution in [-0.2, 0) is 4.79 Å². The van der Waals surface area contributed by atoms with Crippen molar-refractivity contribution >= 4 is 23.1 Å². The van der Waals surface area contributed by atoms with Crippen LogP contribution in [0.4, 0.5) is 0 Å². The van der Waals surface area contributed by atoms with E-state index < -0.39 is 0 Å². The topological polar surface area (TPSA) is 70.4 Å². The highest BCUT2D eigenvalue weighted by Gasteiger charge is 2.51. The van der Waals surface area contributed by atoms with E-state index in [1.54, 1.807) is 0 Å². The number of amides is 1. The second kappa shape index (κ2) is 9.34. The Hall–Kier alpha value is -1.14. The number of nitrogens with two attached hydrogens (primary N) is 1. The standard InChI is InChI=1S/C23H40N4OS/c1-5-6-7-16-10-17(11-16)15(2)25-14-19-9-8-18-12-23(3,4)21(22(28)27(18)19)26-20(29)13-24/h16-19,21,25H,2,5-14,24H2,1,3-4H3,(H,26,29)/t16?,17?,18?,19?,21-/m1/s1. The van der Waals surface area contributed by atoms with Crippen LogP contribution < -0.4 is 16.4 Å². The molecule has 5 nitrogen and oxygen atoms in total. The minimum absolute atomic E-state index is 0.122. The summed E-state index contributed by atoms with van der Waals surface area (Å²) in [6.45, 7) is 12.0. The van der Waals surface area contributed by atoms with Gasteiger partial charge in [0.05, 0.1) is 4.99 Å². The first-order valence-electron chi connectivity index (χ1n) is 11.5. The SMILES string of the molecule is C=C(NCC1CCC2CC(C)(C)[C@H](NC(=S)CN)C(=O)N12)C1CC(CCCC)C1. The van der Waals surface area contributed by atoms with E-state index in [-0.39, 0.29) is 30.0 Å². The minimum Gasteiger partial charge on any atom is -0.387 e. The summed E-state index contributed by atoms with van der Waals surface area (Å²) in [6.07, 6.45) is 9.70. The number of carbonyl (C=O) groups excluding carboxylic acids is 1. The van der Waals surface area contributed by atoms with Crippen molar-refractivity contribution in [2.24, 2.45) is 23.0 Å². The number of nitrogens with zero attached hydrogens (tertiary/aromatic N) is 1. The van der Waals surface area contributed by atoms with Gasteiger partial charge in [-0.2, -0.15) is 0 Å². The molecule has 4 N–H and O–H groups in total. The zero-order valence-corrected chi connectivity index (χ0v) is 19.3. The Labute approximate surface area is 182 Å². The molecule has 0 bridgehead atoms. The van der Waals surface area contributed by atoms with E-state index in [0.29, 0.717) is 16.9 Å². The quantitative estimate of drug-likeness (QED) is 0.499. The Balaban J connectivity index is 1.54. The van der Waals surface area contributed by atoms with Crippen LogP contribution in [0.1, 0.15) is 72.1 Å². The Morgan fingerprint density at radius 2 is 2.07 bits per heavy atom. The van der Waals surface area contributed by atoms with Crippen LogP contribution >= 0.6 is 12.2 Å². The molecule has 0 aromatic rings. The predicted molar refractivity (Wildman–Crippen MR) is 124 cm³/mol. The largest absolute Gasteiger partial charge is 0.387 e. The van der Waals surface area contributed by atoms with Gasteiger partial charge in [0.25, 0.3) is 0 Å². The van der Waals surface area contributed by atoms with E-state index in [9.17, 15) is 4.79 Å². The smallest absolute Gasteiger partial charge is 0.246 e. The lowest BCUT2D eigenvalue weighted by Crippen LogP contribution is -2.64. The second-order valence-corrected chi connectivity index (χ2v) is 10.6. The Bertz CT molecular complexity index is 628. The van der Waals surface area contributed by atoms with Crippen LogP contribution in [0.5, 0.6) is 0 Å². The molecule has 29 heavy (non-hydrogen) atoms. The molecule has 3 fully saturated rings. The van der Waals surface area contributed by atoms with E-state index in [0.717, 1.165) is 31.7 Å². The lowest BCUT2D eigenvalue weighted by atomic mass is 9.71. The summed E-state index contributed by atoms with van der Waals surface area (Å²) in [5.74, 6) is 1.68. The van der Waals surface area contributed by atoms with Crippen molar-refractivity contribution in [3.05, 3.63) is 12.3 Å². The Morgan fingerprint density at radius 3 is 2.72 bits per heavy atom. The molecular weight excluding hydrogens is 380 g/mol. The van der Waals surface area contributed by atoms with Gasteiger partial charge in [-0.25, -0.2) is 0 Å². The lowest BCUT2D eigenvalue weighted by molar-refractivity contribution is -0.144. The van der Waals surface area contributed by atoms with Crippen molar-refractivity contribution in [1.82, 2.24) is 15.5 Å². The number of unbranched alkanes of at least 4 members (excludes halogenated alkanes) is 1. The normalized spacial score (nSPS) is 33.0. The average molecular weight is 421 g/mol. The summed E-state index contributed by atoms with van der Waals surface area (Å²) in [7, 11) is 0. The molecule has 0 spiro atoms. The molecule has 6 heteroatoms. The van der Waals surface area contributed by atoms with E-state index in [2.05, 4.69) is 42.9 Å². The van der Waals surface area contributed by atoms with Gasteiger partial charge in [0.15, 0.2) is 0 Å². The highest BCUT2D eigenvalue weighted by molar-refractivity contribution is 7.80. The van der Waals surface area contributed by atoms with Gasteiger partial charge in [-0.15, -0.1) is 0 Å². The molecule has 3 rings (SSSR count). The van der Waals surface area contributed by atoms with Crippen LogP contribution in [0.2, 0.25) is 0 Å². The molecule has 0 radical (unpaired) electrons. The third-order valence-corrected chi connectivity index (χ3v) is 7.70. The Kier molecular flexibility index (Phi) is 7.26. The summed E-state index contributed by atoms with van der Waals surface area (Å²) < 4.78 is 0. The summed E-state index contributed by atoms with van der Waals surface area (Å²) in [4.78, 5) is 16.1. The van der Waals surface area contributed by atoms with Gasteiger partial charge in [-0.1, -0.05) is 58.8 Å². The fourth-order valence-electron chi connectivity index (χ4n) is 5.55. The highest BCUT2D eigenvalue weighted by atomic mass is 32.1. The molecule has 3 atom stereocenters. The number of hydrogen-bond donors (Lipinski definition) is 3. The predicted octanol–water partition coefficient (Wildman–Crippen LogP) is 3.34. The molecule has 2 saturated heterocycles. The van der Waals surface area contributed by atoms with Crippen molar-refractivity contribution in [1.29, 1.82) is 0 Å². The monoisotopic (exact) mass is 420 g/mol. The maximum Gasteiger partial charge on any atom is 0.246 e. The summed E-state index contributed by atoms with van der Waals surface area (Å²) in [5, 5.41) is 6.83. The zero-order chi connectivity index (χ0) is 21.2. The van der Waals surface area contributed by atoms with Gasteiger partial charge in [-0.3, -0.25) is 4.79 Å². The third kappa shape index (κ3) is 4.96. The number of nitrogens with one attached hydrogen (secondary N) is 2. The number of hydrogen-bond acceptors (Lipinski definition) is 4. The summed E-state index contributed by atoms with van der Waals surface area (Å²) in [5.41, 5.74) is 6.72. The van der Waals surface area contributed by atoms with Crippen molar-refractivity contribution in [2.75, 3.05) is 13.1 Å². The van der Waals surface area contributed by atoms with E-state index in [1.165, 1.54) is 37.8 Å². The molecule has 2 unspecified atom stereocenters. The van der Waals surface area contributed by atoms with Gasteiger partial charge in [0.2, 0.25) is 5.91 Å². The fourth-order valence-corrected chi connectivity index (χ4v) is 5.67. The van der Waals surface area contributed by atoms with Crippen LogP contribution in [0.25, 0.3) is 0 Å². The summed E-state index contributed by atoms with van der Waals surface area (Å²) >= 11 is 5.28. The Morgan fingerprint density at radius 1 is 1.34 bits per heavy atom. The average Bonchev–Trinajstić information content (AvgIpc) is 3.03. The number of thiocarbonyl (C=S) groups is 1. The molecule has 2 heterocycles. The van der Waals surface area contributed by atoms with E-state index >= 15 is 0 Å². The van der Waals surface area contributed by atoms with Crippen LogP contribution in [0.3, 0.4) is 0 Å². The van der Waals surface area contributed by atoms with Crippen LogP contribution in [0.15, 0.2) is 12.3 Å². The van der Waals surface area contributed by atoms with Crippen molar-refractivity contribution in [3.8, 4) is 0 Å². The highest BCUT2D eigenvalue weighted by Crippen LogP contribution is 2.42. The molecular formula is C23H40N4OS. The van der Waals surface area contributed by atoms with Crippen molar-refractivity contribution in [3.63, 3.8) is 0 Å². The molecule has 2 aliphatic heterocycles. The summed E-state index contributed by atoms with van der Waals surface area (Å²) in [6, 6.07) is 0.292. The van der Waals surface area contributed by atoms with Crippen molar-refractivity contribution < 1.29 is 4.79 Å². The molecule has 1 aliphatic carbocycles.